The Balaban J connectivity index is 1.67. The zero-order chi connectivity index (χ0) is 14.0. The van der Waals surface area contributed by atoms with E-state index in [0.29, 0.717) is 17.6 Å². The summed E-state index contributed by atoms with van der Waals surface area (Å²) in [6.45, 7) is 3.16. The number of thioether (sulfide) groups is 1. The highest BCUT2D eigenvalue weighted by Crippen LogP contribution is 2.45. The van der Waals surface area contributed by atoms with Crippen molar-refractivity contribution in [2.24, 2.45) is 17.8 Å². The Labute approximate surface area is 127 Å². The van der Waals surface area contributed by atoms with Crippen LogP contribution >= 0.6 is 11.8 Å². The summed E-state index contributed by atoms with van der Waals surface area (Å²) in [5.74, 6) is 4.78. The first kappa shape index (κ1) is 14.9. The van der Waals surface area contributed by atoms with Gasteiger partial charge in [-0.25, -0.2) is 0 Å². The Bertz CT molecular complexity index is 343. The molecule has 2 saturated heterocycles. The van der Waals surface area contributed by atoms with E-state index in [1.165, 1.54) is 30.8 Å². The molecule has 3 atom stereocenters. The topological polar surface area (TPSA) is 26.3 Å². The van der Waals surface area contributed by atoms with Crippen LogP contribution in [0.25, 0.3) is 0 Å². The van der Waals surface area contributed by atoms with Crippen LogP contribution in [0.2, 0.25) is 0 Å². The zero-order valence-electron chi connectivity index (χ0n) is 12.7. The Hall–Kier alpha value is -0.0200. The molecule has 0 aromatic heterocycles. The largest absolute Gasteiger partial charge is 0.375 e. The molecule has 0 amide bonds. The lowest BCUT2D eigenvalue weighted by Gasteiger charge is -2.46. The van der Waals surface area contributed by atoms with Crippen molar-refractivity contribution in [2.75, 3.05) is 18.1 Å². The zero-order valence-corrected chi connectivity index (χ0v) is 13.6. The van der Waals surface area contributed by atoms with E-state index in [2.05, 4.69) is 18.7 Å². The highest BCUT2D eigenvalue weighted by molar-refractivity contribution is 7.99. The van der Waals surface area contributed by atoms with Gasteiger partial charge in [0, 0.05) is 18.9 Å². The fourth-order valence-electron chi connectivity index (χ4n) is 4.47. The van der Waals surface area contributed by atoms with Crippen molar-refractivity contribution >= 4 is 17.5 Å². The minimum absolute atomic E-state index is 0.133. The van der Waals surface area contributed by atoms with Crippen LogP contribution in [0.3, 0.4) is 0 Å². The first-order chi connectivity index (χ1) is 9.72. The van der Waals surface area contributed by atoms with Crippen LogP contribution in [0.15, 0.2) is 0 Å². The van der Waals surface area contributed by atoms with Crippen molar-refractivity contribution < 1.29 is 9.53 Å². The third-order valence-corrected chi connectivity index (χ3v) is 6.87. The molecule has 1 aliphatic carbocycles. The quantitative estimate of drug-likeness (QED) is 0.768. The Morgan fingerprint density at radius 2 is 2.10 bits per heavy atom. The van der Waals surface area contributed by atoms with E-state index in [0.717, 1.165) is 44.6 Å². The Morgan fingerprint density at radius 1 is 1.30 bits per heavy atom. The summed E-state index contributed by atoms with van der Waals surface area (Å²) in [6, 6.07) is 0. The molecular formula is C17H28O2S. The lowest BCUT2D eigenvalue weighted by atomic mass is 9.68. The average molecular weight is 296 g/mol. The van der Waals surface area contributed by atoms with Crippen LogP contribution in [0.5, 0.6) is 0 Å². The SMILES string of the molecule is CCC1CCC(=O)C(C2CCOC3(CCSCC3)C2)C1. The van der Waals surface area contributed by atoms with Gasteiger partial charge in [0.25, 0.3) is 0 Å². The van der Waals surface area contributed by atoms with E-state index in [1.54, 1.807) is 0 Å². The van der Waals surface area contributed by atoms with Crippen molar-refractivity contribution in [2.45, 2.75) is 63.9 Å². The number of carbonyl (C=O) groups excluding carboxylic acids is 1. The second-order valence-electron chi connectivity index (χ2n) is 7.02. The highest BCUT2D eigenvalue weighted by atomic mass is 32.2. The molecule has 2 heterocycles. The summed E-state index contributed by atoms with van der Waals surface area (Å²) < 4.78 is 6.19. The van der Waals surface area contributed by atoms with E-state index in [1.807, 2.05) is 0 Å². The molecule has 3 aliphatic rings. The molecule has 3 heteroatoms. The van der Waals surface area contributed by atoms with Crippen LogP contribution in [-0.4, -0.2) is 29.5 Å². The molecule has 1 spiro atoms. The van der Waals surface area contributed by atoms with E-state index < -0.39 is 0 Å². The summed E-state index contributed by atoms with van der Waals surface area (Å²) in [6.07, 6.45) is 9.04. The Morgan fingerprint density at radius 3 is 2.85 bits per heavy atom. The smallest absolute Gasteiger partial charge is 0.136 e. The standard InChI is InChI=1S/C17H28O2S/c1-2-13-3-4-16(18)15(11-13)14-5-8-19-17(12-14)6-9-20-10-7-17/h13-15H,2-12H2,1H3. The molecule has 114 valence electrons. The number of ether oxygens (including phenoxy) is 1. The van der Waals surface area contributed by atoms with Crippen molar-refractivity contribution in [1.82, 2.24) is 0 Å². The Kier molecular flexibility index (Phi) is 4.76. The first-order valence-electron chi connectivity index (χ1n) is 8.47. The van der Waals surface area contributed by atoms with Gasteiger partial charge in [-0.15, -0.1) is 0 Å². The first-order valence-corrected chi connectivity index (χ1v) is 9.62. The number of rotatable bonds is 2. The van der Waals surface area contributed by atoms with Gasteiger partial charge < -0.3 is 4.74 Å². The molecule has 3 fully saturated rings. The second kappa shape index (κ2) is 6.39. The third-order valence-electron chi connectivity index (χ3n) is 5.88. The number of hydrogen-bond donors (Lipinski definition) is 0. The summed E-state index contributed by atoms with van der Waals surface area (Å²) in [5.41, 5.74) is 0.133. The van der Waals surface area contributed by atoms with E-state index in [-0.39, 0.29) is 5.60 Å². The molecule has 0 aromatic rings. The van der Waals surface area contributed by atoms with Crippen molar-refractivity contribution in [1.29, 1.82) is 0 Å². The van der Waals surface area contributed by atoms with Crippen LogP contribution in [0, 0.1) is 17.8 Å². The van der Waals surface area contributed by atoms with Gasteiger partial charge in [-0.1, -0.05) is 13.3 Å². The minimum atomic E-state index is 0.133. The molecule has 2 aliphatic heterocycles. The summed E-state index contributed by atoms with van der Waals surface area (Å²) in [5, 5.41) is 0. The summed E-state index contributed by atoms with van der Waals surface area (Å²) in [7, 11) is 0. The number of carbonyl (C=O) groups is 1. The van der Waals surface area contributed by atoms with Gasteiger partial charge in [0.15, 0.2) is 0 Å². The molecule has 1 saturated carbocycles. The molecule has 0 aromatic carbocycles. The minimum Gasteiger partial charge on any atom is -0.375 e. The van der Waals surface area contributed by atoms with Gasteiger partial charge in [-0.2, -0.15) is 11.8 Å². The van der Waals surface area contributed by atoms with Crippen LogP contribution in [-0.2, 0) is 9.53 Å². The maximum atomic E-state index is 12.4. The van der Waals surface area contributed by atoms with Gasteiger partial charge >= 0.3 is 0 Å². The highest BCUT2D eigenvalue weighted by Gasteiger charge is 2.43. The predicted octanol–water partition coefficient (Wildman–Crippen LogP) is 4.07. The lowest BCUT2D eigenvalue weighted by Crippen LogP contribution is -2.46. The summed E-state index contributed by atoms with van der Waals surface area (Å²) in [4.78, 5) is 12.4. The van der Waals surface area contributed by atoms with Gasteiger partial charge in [0.1, 0.15) is 5.78 Å². The van der Waals surface area contributed by atoms with Gasteiger partial charge in [0.2, 0.25) is 0 Å². The molecule has 0 N–H and O–H groups in total. The molecular weight excluding hydrogens is 268 g/mol. The van der Waals surface area contributed by atoms with E-state index >= 15 is 0 Å². The molecule has 0 bridgehead atoms. The fourth-order valence-corrected chi connectivity index (χ4v) is 5.70. The van der Waals surface area contributed by atoms with Gasteiger partial charge in [-0.3, -0.25) is 4.79 Å². The third kappa shape index (κ3) is 3.09. The number of ketones is 1. The monoisotopic (exact) mass is 296 g/mol. The molecule has 2 nitrogen and oxygen atoms in total. The number of Topliss-reactive ketones (excluding diaryl/α,β-unsaturated/α-hetero) is 1. The maximum Gasteiger partial charge on any atom is 0.136 e. The molecule has 3 rings (SSSR count). The fraction of sp³-hybridized carbons (Fsp3) is 0.941. The normalized spacial score (nSPS) is 38.0. The molecule has 0 radical (unpaired) electrons. The van der Waals surface area contributed by atoms with Crippen LogP contribution in [0.4, 0.5) is 0 Å². The maximum absolute atomic E-state index is 12.4. The van der Waals surface area contributed by atoms with Crippen molar-refractivity contribution in [3.05, 3.63) is 0 Å². The lowest BCUT2D eigenvalue weighted by molar-refractivity contribution is -0.138. The van der Waals surface area contributed by atoms with Gasteiger partial charge in [-0.05, 0) is 61.9 Å². The average Bonchev–Trinajstić information content (AvgIpc) is 2.48. The van der Waals surface area contributed by atoms with Crippen molar-refractivity contribution in [3.63, 3.8) is 0 Å². The van der Waals surface area contributed by atoms with Crippen LogP contribution in [0.1, 0.15) is 58.3 Å². The van der Waals surface area contributed by atoms with Crippen LogP contribution < -0.4 is 0 Å². The van der Waals surface area contributed by atoms with Gasteiger partial charge in [0.05, 0.1) is 5.60 Å². The summed E-state index contributed by atoms with van der Waals surface area (Å²) >= 11 is 2.06. The molecule has 20 heavy (non-hydrogen) atoms. The second-order valence-corrected chi connectivity index (χ2v) is 8.24. The number of hydrogen-bond acceptors (Lipinski definition) is 3. The van der Waals surface area contributed by atoms with E-state index in [4.69, 9.17) is 4.74 Å². The molecule has 3 unspecified atom stereocenters. The van der Waals surface area contributed by atoms with E-state index in [9.17, 15) is 4.79 Å². The predicted molar refractivity (Wildman–Crippen MR) is 84.1 cm³/mol. The van der Waals surface area contributed by atoms with Crippen molar-refractivity contribution in [3.8, 4) is 0 Å².